The molecule has 2 aromatic heterocycles. The Labute approximate surface area is 214 Å². The van der Waals surface area contributed by atoms with E-state index in [-0.39, 0.29) is 37.6 Å². The van der Waals surface area contributed by atoms with Crippen molar-refractivity contribution in [1.29, 1.82) is 5.26 Å². The molecule has 1 aliphatic rings. The van der Waals surface area contributed by atoms with Crippen molar-refractivity contribution in [2.45, 2.75) is 44.9 Å². The number of aromatic nitrogens is 4. The molecular formula is C23H23ClF5N7O. The minimum absolute atomic E-state index is 0. The van der Waals surface area contributed by atoms with Gasteiger partial charge in [0.25, 0.3) is 5.91 Å². The van der Waals surface area contributed by atoms with Gasteiger partial charge in [-0.05, 0) is 26.8 Å². The first-order valence-electron chi connectivity index (χ1n) is 10.9. The minimum Gasteiger partial charge on any atom is -0.364 e. The zero-order chi connectivity index (χ0) is 26.4. The second-order valence-corrected chi connectivity index (χ2v) is 8.92. The van der Waals surface area contributed by atoms with E-state index in [1.807, 2.05) is 13.8 Å². The number of anilines is 1. The lowest BCUT2D eigenvalue weighted by Gasteiger charge is -2.50. The number of carbonyl (C=O) groups excluding carboxylic acids is 1. The number of hydrogen-bond acceptors (Lipinski definition) is 5. The molecule has 1 amide bonds. The Bertz CT molecular complexity index is 1330. The van der Waals surface area contributed by atoms with Crippen molar-refractivity contribution >= 4 is 24.0 Å². The van der Waals surface area contributed by atoms with Gasteiger partial charge < -0.3 is 10.2 Å². The van der Waals surface area contributed by atoms with Crippen LogP contribution in [-0.4, -0.2) is 51.2 Å². The molecule has 37 heavy (non-hydrogen) atoms. The summed E-state index contributed by atoms with van der Waals surface area (Å²) in [6.45, 7) is 4.66. The monoisotopic (exact) mass is 543 g/mol. The summed E-state index contributed by atoms with van der Waals surface area (Å²) in [4.78, 5) is 13.6. The van der Waals surface area contributed by atoms with Crippen LogP contribution in [-0.2, 0) is 5.54 Å². The average molecular weight is 544 g/mol. The Morgan fingerprint density at radius 3 is 2.51 bits per heavy atom. The SMILES string of the molecule is Cc1n[nH]c(C)c1-c1cnn(C2(CC#N)CN(c3cc(F)c(C(=O)NC(C)C(F)(F)F)cc3F)C2)c1.Cl. The van der Waals surface area contributed by atoms with Gasteiger partial charge in [-0.1, -0.05) is 0 Å². The molecule has 1 saturated heterocycles. The van der Waals surface area contributed by atoms with Crippen LogP contribution in [0.4, 0.5) is 27.6 Å². The van der Waals surface area contributed by atoms with Crippen molar-refractivity contribution in [2.24, 2.45) is 0 Å². The molecule has 4 rings (SSSR count). The molecule has 8 nitrogen and oxygen atoms in total. The molecule has 198 valence electrons. The maximum Gasteiger partial charge on any atom is 0.408 e. The molecule has 3 aromatic rings. The summed E-state index contributed by atoms with van der Waals surface area (Å²) in [7, 11) is 0. The van der Waals surface area contributed by atoms with E-state index >= 15 is 0 Å². The number of amides is 1. The molecule has 0 bridgehead atoms. The van der Waals surface area contributed by atoms with Crippen LogP contribution in [0, 0.1) is 36.8 Å². The van der Waals surface area contributed by atoms with Gasteiger partial charge in [0.15, 0.2) is 0 Å². The number of alkyl halides is 3. The van der Waals surface area contributed by atoms with E-state index in [1.54, 1.807) is 22.4 Å². The number of benzene rings is 1. The van der Waals surface area contributed by atoms with Crippen molar-refractivity contribution in [3.63, 3.8) is 0 Å². The fourth-order valence-electron chi connectivity index (χ4n) is 4.32. The molecule has 0 aliphatic carbocycles. The zero-order valence-corrected chi connectivity index (χ0v) is 20.8. The third-order valence-electron chi connectivity index (χ3n) is 6.32. The number of nitriles is 1. The van der Waals surface area contributed by atoms with Crippen LogP contribution in [0.25, 0.3) is 11.1 Å². The summed E-state index contributed by atoms with van der Waals surface area (Å²) in [5.74, 6) is -3.51. The van der Waals surface area contributed by atoms with E-state index in [2.05, 4.69) is 21.4 Å². The lowest BCUT2D eigenvalue weighted by atomic mass is 9.86. The first-order chi connectivity index (χ1) is 16.9. The maximum atomic E-state index is 14.8. The highest BCUT2D eigenvalue weighted by molar-refractivity contribution is 5.95. The Balaban J connectivity index is 0.00000380. The van der Waals surface area contributed by atoms with Crippen LogP contribution in [0.15, 0.2) is 24.5 Å². The van der Waals surface area contributed by atoms with Crippen LogP contribution in [0.1, 0.15) is 35.1 Å². The molecule has 0 radical (unpaired) electrons. The quantitative estimate of drug-likeness (QED) is 0.449. The van der Waals surface area contributed by atoms with Crippen molar-refractivity contribution < 1.29 is 26.7 Å². The molecule has 1 unspecified atom stereocenters. The Kier molecular flexibility index (Phi) is 7.55. The topological polar surface area (TPSA) is 103 Å². The third kappa shape index (κ3) is 5.11. The molecule has 2 N–H and O–H groups in total. The first-order valence-corrected chi connectivity index (χ1v) is 10.9. The average Bonchev–Trinajstić information content (AvgIpc) is 3.37. The number of aromatic amines is 1. The molecule has 14 heteroatoms. The number of aryl methyl sites for hydroxylation is 2. The van der Waals surface area contributed by atoms with E-state index < -0.39 is 40.9 Å². The van der Waals surface area contributed by atoms with E-state index in [4.69, 9.17) is 0 Å². The van der Waals surface area contributed by atoms with Crippen LogP contribution in [0.2, 0.25) is 0 Å². The third-order valence-corrected chi connectivity index (χ3v) is 6.32. The highest BCUT2D eigenvalue weighted by Gasteiger charge is 2.47. The van der Waals surface area contributed by atoms with E-state index in [9.17, 15) is 32.0 Å². The molecule has 0 spiro atoms. The fourth-order valence-corrected chi connectivity index (χ4v) is 4.32. The van der Waals surface area contributed by atoms with E-state index in [0.717, 1.165) is 28.6 Å². The van der Waals surface area contributed by atoms with Gasteiger partial charge in [-0.15, -0.1) is 12.4 Å². The summed E-state index contributed by atoms with van der Waals surface area (Å²) >= 11 is 0. The Hall–Kier alpha value is -3.66. The zero-order valence-electron chi connectivity index (χ0n) is 20.0. The van der Waals surface area contributed by atoms with E-state index in [1.165, 1.54) is 4.90 Å². The highest BCUT2D eigenvalue weighted by Crippen LogP contribution is 2.39. The largest absolute Gasteiger partial charge is 0.408 e. The second kappa shape index (κ2) is 10.0. The number of nitrogens with zero attached hydrogens (tertiary/aromatic N) is 5. The van der Waals surface area contributed by atoms with Gasteiger partial charge in [0.2, 0.25) is 0 Å². The van der Waals surface area contributed by atoms with Gasteiger partial charge in [-0.25, -0.2) is 8.78 Å². The van der Waals surface area contributed by atoms with Crippen LogP contribution >= 0.6 is 12.4 Å². The predicted molar refractivity (Wildman–Crippen MR) is 126 cm³/mol. The van der Waals surface area contributed by atoms with Gasteiger partial charge in [0, 0.05) is 42.2 Å². The lowest BCUT2D eigenvalue weighted by Crippen LogP contribution is -2.63. The van der Waals surface area contributed by atoms with Gasteiger partial charge >= 0.3 is 6.18 Å². The standard InChI is InChI=1S/C23H22F5N7O.ClH/c1-12-20(13(2)33-32-12)15-8-30-35(9-15)22(4-5-29)10-34(11-22)19-7-17(24)16(6-18(19)25)21(36)31-14(3)23(26,27)28;/h6-9,14H,4,10-11H2,1-3H3,(H,31,36)(H,32,33);1H. The molecular weight excluding hydrogens is 521 g/mol. The second-order valence-electron chi connectivity index (χ2n) is 8.92. The van der Waals surface area contributed by atoms with Crippen molar-refractivity contribution in [1.82, 2.24) is 25.3 Å². The fraction of sp³-hybridized carbons (Fsp3) is 0.391. The van der Waals surface area contributed by atoms with Crippen LogP contribution in [0.5, 0.6) is 0 Å². The summed E-state index contributed by atoms with van der Waals surface area (Å²) in [6, 6.07) is 1.22. The first kappa shape index (κ1) is 27.9. The Morgan fingerprint density at radius 1 is 1.27 bits per heavy atom. The normalized spacial score (nSPS) is 15.4. The summed E-state index contributed by atoms with van der Waals surface area (Å²) in [5, 5.41) is 22.5. The number of carbonyl (C=O) groups is 1. The molecule has 1 aliphatic heterocycles. The summed E-state index contributed by atoms with van der Waals surface area (Å²) < 4.78 is 69.2. The van der Waals surface area contributed by atoms with Crippen LogP contribution in [0.3, 0.4) is 0 Å². The maximum absolute atomic E-state index is 14.8. The lowest BCUT2D eigenvalue weighted by molar-refractivity contribution is -0.149. The van der Waals surface area contributed by atoms with Gasteiger partial charge in [0.1, 0.15) is 23.2 Å². The van der Waals surface area contributed by atoms with Crippen molar-refractivity contribution in [3.05, 3.63) is 53.1 Å². The summed E-state index contributed by atoms with van der Waals surface area (Å²) in [6.07, 6.45) is -1.27. The molecule has 0 saturated carbocycles. The molecule has 3 heterocycles. The highest BCUT2D eigenvalue weighted by atomic mass is 35.5. The number of rotatable bonds is 6. The van der Waals surface area contributed by atoms with Crippen molar-refractivity contribution in [3.8, 4) is 17.2 Å². The number of halogens is 6. The molecule has 1 aromatic carbocycles. The van der Waals surface area contributed by atoms with Crippen molar-refractivity contribution in [2.75, 3.05) is 18.0 Å². The molecule has 1 atom stereocenters. The smallest absolute Gasteiger partial charge is 0.364 e. The van der Waals surface area contributed by atoms with Crippen LogP contribution < -0.4 is 10.2 Å². The molecule has 1 fully saturated rings. The number of H-pyrrole nitrogens is 1. The minimum atomic E-state index is -4.73. The Morgan fingerprint density at radius 2 is 1.95 bits per heavy atom. The van der Waals surface area contributed by atoms with Gasteiger partial charge in [-0.2, -0.15) is 28.6 Å². The summed E-state index contributed by atoms with van der Waals surface area (Å²) in [5.41, 5.74) is 1.49. The number of nitrogens with one attached hydrogen (secondary N) is 2. The predicted octanol–water partition coefficient (Wildman–Crippen LogP) is 4.40. The number of hydrogen-bond donors (Lipinski definition) is 2. The van der Waals surface area contributed by atoms with Gasteiger partial charge in [0.05, 0.1) is 35.6 Å². The van der Waals surface area contributed by atoms with E-state index in [0.29, 0.717) is 13.0 Å². The van der Waals surface area contributed by atoms with Gasteiger partial charge in [-0.3, -0.25) is 14.6 Å².